The minimum absolute atomic E-state index is 0.0733. The molecule has 2 aromatic rings. The summed E-state index contributed by atoms with van der Waals surface area (Å²) in [6.07, 6.45) is 0.909. The monoisotopic (exact) mass is 313 g/mol. The number of amides is 1. The van der Waals surface area contributed by atoms with E-state index in [0.717, 1.165) is 23.5 Å². The van der Waals surface area contributed by atoms with Gasteiger partial charge < -0.3 is 14.8 Å². The summed E-state index contributed by atoms with van der Waals surface area (Å²) in [4.78, 5) is 12.1. The molecule has 0 unspecified atom stereocenters. The molecule has 0 bridgehead atoms. The molecule has 0 spiro atoms. The lowest BCUT2D eigenvalue weighted by Crippen LogP contribution is -2.24. The van der Waals surface area contributed by atoms with Gasteiger partial charge in [0.05, 0.1) is 6.61 Å². The van der Waals surface area contributed by atoms with Gasteiger partial charge in [-0.15, -0.1) is 0 Å². The van der Waals surface area contributed by atoms with Crippen molar-refractivity contribution in [3.8, 4) is 11.5 Å². The van der Waals surface area contributed by atoms with Crippen molar-refractivity contribution in [2.45, 2.75) is 26.9 Å². The van der Waals surface area contributed by atoms with Crippen molar-refractivity contribution < 1.29 is 14.3 Å². The van der Waals surface area contributed by atoms with E-state index >= 15 is 0 Å². The number of carbonyl (C=O) groups excluding carboxylic acids is 1. The van der Waals surface area contributed by atoms with Crippen LogP contribution >= 0.6 is 0 Å². The summed E-state index contributed by atoms with van der Waals surface area (Å²) in [5.41, 5.74) is 1.48. The third kappa shape index (κ3) is 5.02. The number of rotatable bonds is 8. The lowest BCUT2D eigenvalue weighted by atomic mass is 10.1. The summed E-state index contributed by atoms with van der Waals surface area (Å²) < 4.78 is 11.4. The van der Waals surface area contributed by atoms with Crippen LogP contribution in [0, 0.1) is 0 Å². The van der Waals surface area contributed by atoms with E-state index in [1.54, 1.807) is 6.07 Å². The van der Waals surface area contributed by atoms with Crippen LogP contribution in [0.3, 0.4) is 0 Å². The van der Waals surface area contributed by atoms with E-state index in [2.05, 4.69) is 5.32 Å². The van der Waals surface area contributed by atoms with Crippen LogP contribution in [0.2, 0.25) is 0 Å². The lowest BCUT2D eigenvalue weighted by Gasteiger charge is -2.13. The van der Waals surface area contributed by atoms with Gasteiger partial charge in [0.1, 0.15) is 18.1 Å². The summed E-state index contributed by atoms with van der Waals surface area (Å²) in [7, 11) is 0. The molecule has 0 atom stereocenters. The summed E-state index contributed by atoms with van der Waals surface area (Å²) in [6.45, 7) is 5.55. The summed E-state index contributed by atoms with van der Waals surface area (Å²) in [5.74, 6) is 1.46. The van der Waals surface area contributed by atoms with Crippen LogP contribution in [0.4, 0.5) is 0 Å². The molecule has 122 valence electrons. The Balaban J connectivity index is 2.14. The van der Waals surface area contributed by atoms with Crippen molar-refractivity contribution in [3.05, 3.63) is 59.7 Å². The van der Waals surface area contributed by atoms with Gasteiger partial charge in [-0.1, -0.05) is 25.1 Å². The molecule has 4 heteroatoms. The lowest BCUT2D eigenvalue weighted by molar-refractivity contribution is 0.0953. The summed E-state index contributed by atoms with van der Waals surface area (Å²) in [6, 6.07) is 15.0. The summed E-state index contributed by atoms with van der Waals surface area (Å²) in [5, 5.41) is 2.88. The molecule has 0 fully saturated rings. The molecule has 2 aromatic carbocycles. The second-order valence-electron chi connectivity index (χ2n) is 5.11. The minimum Gasteiger partial charge on any atom is -0.493 e. The first kappa shape index (κ1) is 16.9. The first-order valence-corrected chi connectivity index (χ1v) is 7.96. The van der Waals surface area contributed by atoms with E-state index in [4.69, 9.17) is 9.47 Å². The fourth-order valence-corrected chi connectivity index (χ4v) is 2.15. The van der Waals surface area contributed by atoms with Crippen LogP contribution in [0.15, 0.2) is 48.5 Å². The molecule has 0 heterocycles. The molecule has 1 N–H and O–H groups in total. The Kier molecular flexibility index (Phi) is 6.48. The van der Waals surface area contributed by atoms with Crippen molar-refractivity contribution in [2.24, 2.45) is 0 Å². The Labute approximate surface area is 137 Å². The third-order valence-electron chi connectivity index (χ3n) is 3.30. The number of carbonyl (C=O) groups is 1. The highest BCUT2D eigenvalue weighted by Crippen LogP contribution is 2.22. The maximum Gasteiger partial charge on any atom is 0.251 e. The molecular weight excluding hydrogens is 290 g/mol. The minimum atomic E-state index is -0.0733. The molecule has 0 saturated carbocycles. The van der Waals surface area contributed by atoms with E-state index in [0.29, 0.717) is 25.3 Å². The van der Waals surface area contributed by atoms with Crippen molar-refractivity contribution in [3.63, 3.8) is 0 Å². The SMILES string of the molecule is CCCNC(=O)c1ccc(OCC)c(COc2ccccc2)c1. The standard InChI is InChI=1S/C19H23NO3/c1-3-12-20-19(21)15-10-11-18(22-4-2)16(13-15)14-23-17-8-6-5-7-9-17/h5-11,13H,3-4,12,14H2,1-2H3,(H,20,21). The number of hydrogen-bond acceptors (Lipinski definition) is 3. The Hall–Kier alpha value is -2.49. The van der Waals surface area contributed by atoms with Gasteiger partial charge in [-0.3, -0.25) is 4.79 Å². The van der Waals surface area contributed by atoms with Gasteiger partial charge in [-0.25, -0.2) is 0 Å². The van der Waals surface area contributed by atoms with Gasteiger partial charge >= 0.3 is 0 Å². The van der Waals surface area contributed by atoms with Gasteiger partial charge in [0.25, 0.3) is 5.91 Å². The molecule has 2 rings (SSSR count). The highest BCUT2D eigenvalue weighted by Gasteiger charge is 2.11. The van der Waals surface area contributed by atoms with Crippen LogP contribution < -0.4 is 14.8 Å². The molecule has 0 saturated heterocycles. The van der Waals surface area contributed by atoms with Crippen molar-refractivity contribution in [1.82, 2.24) is 5.32 Å². The van der Waals surface area contributed by atoms with Crippen LogP contribution in [0.1, 0.15) is 36.2 Å². The Morgan fingerprint density at radius 1 is 1.04 bits per heavy atom. The highest BCUT2D eigenvalue weighted by atomic mass is 16.5. The topological polar surface area (TPSA) is 47.6 Å². The molecule has 23 heavy (non-hydrogen) atoms. The molecular formula is C19H23NO3. The van der Waals surface area contributed by atoms with E-state index in [1.165, 1.54) is 0 Å². The van der Waals surface area contributed by atoms with E-state index in [-0.39, 0.29) is 5.91 Å². The molecule has 0 aliphatic carbocycles. The zero-order chi connectivity index (χ0) is 16.5. The van der Waals surface area contributed by atoms with Crippen molar-refractivity contribution >= 4 is 5.91 Å². The molecule has 0 radical (unpaired) electrons. The van der Waals surface area contributed by atoms with Gasteiger partial charge in [0, 0.05) is 17.7 Å². The average Bonchev–Trinajstić information content (AvgIpc) is 2.60. The van der Waals surface area contributed by atoms with Gasteiger partial charge in [0.2, 0.25) is 0 Å². The number of nitrogens with one attached hydrogen (secondary N) is 1. The average molecular weight is 313 g/mol. The van der Waals surface area contributed by atoms with Crippen LogP contribution in [-0.2, 0) is 6.61 Å². The predicted molar refractivity (Wildman–Crippen MR) is 91.0 cm³/mol. The third-order valence-corrected chi connectivity index (χ3v) is 3.30. The number of ether oxygens (including phenoxy) is 2. The Bertz CT molecular complexity index is 626. The second kappa shape index (κ2) is 8.83. The van der Waals surface area contributed by atoms with Crippen LogP contribution in [0.5, 0.6) is 11.5 Å². The van der Waals surface area contributed by atoms with Crippen molar-refractivity contribution in [1.29, 1.82) is 0 Å². The number of benzene rings is 2. The van der Waals surface area contributed by atoms with Gasteiger partial charge in [-0.05, 0) is 43.7 Å². The maximum atomic E-state index is 12.1. The zero-order valence-electron chi connectivity index (χ0n) is 13.7. The number of hydrogen-bond donors (Lipinski definition) is 1. The Morgan fingerprint density at radius 2 is 1.83 bits per heavy atom. The second-order valence-corrected chi connectivity index (χ2v) is 5.11. The quantitative estimate of drug-likeness (QED) is 0.806. The molecule has 0 aliphatic heterocycles. The number of para-hydroxylation sites is 1. The predicted octanol–water partition coefficient (Wildman–Crippen LogP) is 3.80. The van der Waals surface area contributed by atoms with Gasteiger partial charge in [0.15, 0.2) is 0 Å². The fourth-order valence-electron chi connectivity index (χ4n) is 2.15. The van der Waals surface area contributed by atoms with E-state index < -0.39 is 0 Å². The zero-order valence-corrected chi connectivity index (χ0v) is 13.7. The largest absolute Gasteiger partial charge is 0.493 e. The summed E-state index contributed by atoms with van der Waals surface area (Å²) >= 11 is 0. The smallest absolute Gasteiger partial charge is 0.251 e. The van der Waals surface area contributed by atoms with Gasteiger partial charge in [-0.2, -0.15) is 0 Å². The van der Waals surface area contributed by atoms with Crippen LogP contribution in [-0.4, -0.2) is 19.1 Å². The van der Waals surface area contributed by atoms with Crippen LogP contribution in [0.25, 0.3) is 0 Å². The van der Waals surface area contributed by atoms with E-state index in [1.807, 2.05) is 56.3 Å². The molecule has 0 aliphatic rings. The molecule has 0 aromatic heterocycles. The van der Waals surface area contributed by atoms with Crippen molar-refractivity contribution in [2.75, 3.05) is 13.2 Å². The fraction of sp³-hybridized carbons (Fsp3) is 0.316. The first-order chi connectivity index (χ1) is 11.2. The first-order valence-electron chi connectivity index (χ1n) is 7.96. The molecule has 4 nitrogen and oxygen atoms in total. The molecule has 1 amide bonds. The van der Waals surface area contributed by atoms with E-state index in [9.17, 15) is 4.79 Å². The highest BCUT2D eigenvalue weighted by molar-refractivity contribution is 5.94. The Morgan fingerprint density at radius 3 is 2.52 bits per heavy atom. The normalized spacial score (nSPS) is 10.2. The maximum absolute atomic E-state index is 12.1.